The standard InChI is InChI=1S/C18H12N4O/c19-9-18-20-11-22(21-18)10-17(23)13-5-6-16-14(8-13)7-12-3-1-2-4-15(12)16/h1-6,8,11H,7,10H2. The third-order valence-corrected chi connectivity index (χ3v) is 4.06. The summed E-state index contributed by atoms with van der Waals surface area (Å²) in [6, 6.07) is 16.0. The molecule has 0 N–H and O–H groups in total. The van der Waals surface area contributed by atoms with Gasteiger partial charge in [0.15, 0.2) is 5.78 Å². The number of aromatic nitrogens is 3. The van der Waals surface area contributed by atoms with Gasteiger partial charge in [0.1, 0.15) is 18.9 Å². The van der Waals surface area contributed by atoms with Crippen LogP contribution in [0.4, 0.5) is 0 Å². The molecule has 1 aromatic heterocycles. The maximum Gasteiger partial charge on any atom is 0.252 e. The summed E-state index contributed by atoms with van der Waals surface area (Å²) < 4.78 is 1.39. The second kappa shape index (κ2) is 5.18. The fraction of sp³-hybridized carbons (Fsp3) is 0.111. The van der Waals surface area contributed by atoms with Gasteiger partial charge in [-0.3, -0.25) is 4.79 Å². The molecule has 0 unspecified atom stereocenters. The number of Topliss-reactive ketones (excluding diaryl/α,β-unsaturated/α-hetero) is 1. The molecule has 1 aliphatic rings. The molecule has 1 aliphatic carbocycles. The lowest BCUT2D eigenvalue weighted by Gasteiger charge is -2.05. The van der Waals surface area contributed by atoms with Gasteiger partial charge in [-0.1, -0.05) is 36.4 Å². The molecule has 2 aromatic carbocycles. The lowest BCUT2D eigenvalue weighted by Crippen LogP contribution is -2.11. The molecule has 0 spiro atoms. The van der Waals surface area contributed by atoms with Crippen molar-refractivity contribution < 1.29 is 4.79 Å². The van der Waals surface area contributed by atoms with Crippen molar-refractivity contribution in [3.63, 3.8) is 0 Å². The van der Waals surface area contributed by atoms with Gasteiger partial charge in [-0.15, -0.1) is 5.10 Å². The first kappa shape index (κ1) is 13.4. The van der Waals surface area contributed by atoms with Gasteiger partial charge in [0.05, 0.1) is 0 Å². The van der Waals surface area contributed by atoms with E-state index in [1.165, 1.54) is 33.3 Å². The van der Waals surface area contributed by atoms with Crippen LogP contribution in [0.25, 0.3) is 11.1 Å². The van der Waals surface area contributed by atoms with Crippen LogP contribution in [-0.2, 0) is 13.0 Å². The van der Waals surface area contributed by atoms with Crippen molar-refractivity contribution in [1.29, 1.82) is 5.26 Å². The summed E-state index contributed by atoms with van der Waals surface area (Å²) in [4.78, 5) is 16.2. The predicted octanol–water partition coefficient (Wildman–Crippen LogP) is 2.60. The van der Waals surface area contributed by atoms with Crippen LogP contribution in [0.1, 0.15) is 27.3 Å². The van der Waals surface area contributed by atoms with Gasteiger partial charge in [-0.25, -0.2) is 9.67 Å². The van der Waals surface area contributed by atoms with Gasteiger partial charge < -0.3 is 0 Å². The van der Waals surface area contributed by atoms with Crippen LogP contribution >= 0.6 is 0 Å². The molecule has 0 amide bonds. The summed E-state index contributed by atoms with van der Waals surface area (Å²) in [5.74, 6) is 0.0281. The molecule has 4 rings (SSSR count). The zero-order chi connectivity index (χ0) is 15.8. The first-order valence-corrected chi connectivity index (χ1v) is 7.28. The SMILES string of the molecule is N#Cc1ncn(CC(=O)c2ccc3c(c2)Cc2ccccc2-3)n1. The minimum Gasteiger partial charge on any atom is -0.292 e. The average molecular weight is 300 g/mol. The second-order valence-electron chi connectivity index (χ2n) is 5.51. The molecule has 0 saturated carbocycles. The summed E-state index contributed by atoms with van der Waals surface area (Å²) in [7, 11) is 0. The molecule has 0 bridgehead atoms. The van der Waals surface area contributed by atoms with Crippen LogP contribution in [0.15, 0.2) is 48.8 Å². The lowest BCUT2D eigenvalue weighted by atomic mass is 10.0. The van der Waals surface area contributed by atoms with Gasteiger partial charge in [-0.2, -0.15) is 5.26 Å². The highest BCUT2D eigenvalue weighted by Crippen LogP contribution is 2.36. The van der Waals surface area contributed by atoms with Crippen LogP contribution in [0.2, 0.25) is 0 Å². The van der Waals surface area contributed by atoms with Crippen molar-refractivity contribution in [2.45, 2.75) is 13.0 Å². The van der Waals surface area contributed by atoms with E-state index in [0.29, 0.717) is 5.56 Å². The smallest absolute Gasteiger partial charge is 0.252 e. The Hall–Kier alpha value is -3.26. The highest BCUT2D eigenvalue weighted by molar-refractivity contribution is 5.97. The molecular formula is C18H12N4O. The van der Waals surface area contributed by atoms with Crippen molar-refractivity contribution in [3.05, 3.63) is 71.3 Å². The summed E-state index contributed by atoms with van der Waals surface area (Å²) >= 11 is 0. The third-order valence-electron chi connectivity index (χ3n) is 4.06. The van der Waals surface area contributed by atoms with Crippen LogP contribution in [-0.4, -0.2) is 20.5 Å². The second-order valence-corrected chi connectivity index (χ2v) is 5.51. The summed E-state index contributed by atoms with van der Waals surface area (Å²) in [5.41, 5.74) is 5.57. The fourth-order valence-corrected chi connectivity index (χ4v) is 2.98. The van der Waals surface area contributed by atoms with Gasteiger partial charge >= 0.3 is 0 Å². The number of nitrogens with zero attached hydrogens (tertiary/aromatic N) is 4. The minimum absolute atomic E-state index is 0.0434. The molecule has 23 heavy (non-hydrogen) atoms. The molecular weight excluding hydrogens is 288 g/mol. The van der Waals surface area contributed by atoms with E-state index in [0.717, 1.165) is 6.42 Å². The number of fused-ring (bicyclic) bond motifs is 3. The predicted molar refractivity (Wildman–Crippen MR) is 83.8 cm³/mol. The van der Waals surface area contributed by atoms with E-state index in [2.05, 4.69) is 22.2 Å². The maximum absolute atomic E-state index is 12.4. The first-order valence-electron chi connectivity index (χ1n) is 7.28. The Kier molecular flexibility index (Phi) is 3.02. The van der Waals surface area contributed by atoms with Crippen LogP contribution in [0.5, 0.6) is 0 Å². The molecule has 0 atom stereocenters. The fourth-order valence-electron chi connectivity index (χ4n) is 2.98. The maximum atomic E-state index is 12.4. The van der Waals surface area contributed by atoms with Gasteiger partial charge in [0.2, 0.25) is 0 Å². The van der Waals surface area contributed by atoms with Crippen molar-refractivity contribution in [1.82, 2.24) is 14.8 Å². The van der Waals surface area contributed by atoms with Gasteiger partial charge in [0, 0.05) is 5.56 Å². The third kappa shape index (κ3) is 2.30. The Morgan fingerprint density at radius 3 is 2.83 bits per heavy atom. The van der Waals surface area contributed by atoms with Crippen molar-refractivity contribution in [2.24, 2.45) is 0 Å². The molecule has 1 heterocycles. The van der Waals surface area contributed by atoms with E-state index in [9.17, 15) is 4.79 Å². The number of hydrogen-bond acceptors (Lipinski definition) is 4. The Balaban J connectivity index is 1.60. The molecule has 110 valence electrons. The average Bonchev–Trinajstić information content (AvgIpc) is 3.17. The van der Waals surface area contributed by atoms with E-state index >= 15 is 0 Å². The van der Waals surface area contributed by atoms with Crippen molar-refractivity contribution in [2.75, 3.05) is 0 Å². The number of benzene rings is 2. The van der Waals surface area contributed by atoms with E-state index in [4.69, 9.17) is 5.26 Å². The normalized spacial score (nSPS) is 11.6. The highest BCUT2D eigenvalue weighted by Gasteiger charge is 2.19. The number of ketones is 1. The van der Waals surface area contributed by atoms with Crippen LogP contribution in [0, 0.1) is 11.3 Å². The number of rotatable bonds is 3. The number of carbonyl (C=O) groups is 1. The molecule has 5 nitrogen and oxygen atoms in total. The van der Waals surface area contributed by atoms with Gasteiger partial charge in [0.25, 0.3) is 5.82 Å². The Morgan fingerprint density at radius 1 is 1.17 bits per heavy atom. The molecule has 3 aromatic rings. The van der Waals surface area contributed by atoms with Crippen LogP contribution in [0.3, 0.4) is 0 Å². The summed E-state index contributed by atoms with van der Waals surface area (Å²) in [5, 5.41) is 12.6. The van der Waals surface area contributed by atoms with Crippen LogP contribution < -0.4 is 0 Å². The highest BCUT2D eigenvalue weighted by atomic mass is 16.1. The minimum atomic E-state index is -0.0434. The molecule has 0 aliphatic heterocycles. The number of carbonyl (C=O) groups excluding carboxylic acids is 1. The summed E-state index contributed by atoms with van der Waals surface area (Å²) in [6.45, 7) is 0.0837. The monoisotopic (exact) mass is 300 g/mol. The quantitative estimate of drug-likeness (QED) is 0.545. The molecule has 5 heteroatoms. The lowest BCUT2D eigenvalue weighted by molar-refractivity contribution is 0.0967. The van der Waals surface area contributed by atoms with E-state index in [-0.39, 0.29) is 18.2 Å². The summed E-state index contributed by atoms with van der Waals surface area (Å²) in [6.07, 6.45) is 2.26. The molecule has 0 radical (unpaired) electrons. The molecule has 0 saturated heterocycles. The largest absolute Gasteiger partial charge is 0.292 e. The number of hydrogen-bond donors (Lipinski definition) is 0. The topological polar surface area (TPSA) is 71.6 Å². The Bertz CT molecular complexity index is 965. The zero-order valence-corrected chi connectivity index (χ0v) is 12.2. The van der Waals surface area contributed by atoms with Crippen molar-refractivity contribution >= 4 is 5.78 Å². The van der Waals surface area contributed by atoms with E-state index in [1.54, 1.807) is 0 Å². The number of nitriles is 1. The van der Waals surface area contributed by atoms with Gasteiger partial charge in [-0.05, 0) is 34.7 Å². The first-order chi connectivity index (χ1) is 11.2. The van der Waals surface area contributed by atoms with E-state index in [1.807, 2.05) is 36.4 Å². The zero-order valence-electron chi connectivity index (χ0n) is 12.2. The van der Waals surface area contributed by atoms with Crippen molar-refractivity contribution in [3.8, 4) is 17.2 Å². The Morgan fingerprint density at radius 2 is 2.00 bits per heavy atom. The molecule has 0 fully saturated rings. The Labute approximate surface area is 132 Å². The van der Waals surface area contributed by atoms with E-state index < -0.39 is 0 Å².